The molecule has 0 aliphatic heterocycles. The van der Waals surface area contributed by atoms with E-state index in [1.165, 1.54) is 0 Å². The van der Waals surface area contributed by atoms with Crippen LogP contribution in [0.4, 0.5) is 5.82 Å². The number of aryl methyl sites for hydroxylation is 1. The lowest BCUT2D eigenvalue weighted by Crippen LogP contribution is -2.13. The molecule has 0 aliphatic rings. The molecule has 0 bridgehead atoms. The van der Waals surface area contributed by atoms with Crippen molar-refractivity contribution in [3.63, 3.8) is 0 Å². The van der Waals surface area contributed by atoms with Crippen molar-refractivity contribution in [2.45, 2.75) is 6.92 Å². The van der Waals surface area contributed by atoms with Gasteiger partial charge >= 0.3 is 0 Å². The minimum absolute atomic E-state index is 0.555. The molecule has 6 heteroatoms. The van der Waals surface area contributed by atoms with Crippen LogP contribution in [0.3, 0.4) is 0 Å². The van der Waals surface area contributed by atoms with Crippen LogP contribution in [0.2, 0.25) is 0 Å². The first-order valence-electron chi connectivity index (χ1n) is 6.42. The van der Waals surface area contributed by atoms with Gasteiger partial charge in [0.2, 0.25) is 5.65 Å². The average molecular weight is 269 g/mol. The Balaban J connectivity index is 1.60. The predicted molar refractivity (Wildman–Crippen MR) is 75.9 cm³/mol. The summed E-state index contributed by atoms with van der Waals surface area (Å²) in [5.74, 6) is 2.41. The van der Waals surface area contributed by atoms with E-state index >= 15 is 0 Å². The van der Waals surface area contributed by atoms with E-state index in [9.17, 15) is 0 Å². The van der Waals surface area contributed by atoms with Gasteiger partial charge in [-0.15, -0.1) is 10.2 Å². The molecule has 0 amide bonds. The van der Waals surface area contributed by atoms with Gasteiger partial charge in [0.25, 0.3) is 0 Å². The van der Waals surface area contributed by atoms with Crippen molar-refractivity contribution >= 4 is 11.5 Å². The standard InChI is InChI=1S/C14H15N5O/c1-11-17-18-14-13(15-7-9-19(11)14)16-8-10-20-12-5-3-2-4-6-12/h2-7,9H,8,10H2,1H3,(H,15,16). The Labute approximate surface area is 116 Å². The van der Waals surface area contributed by atoms with Gasteiger partial charge in [0.05, 0.1) is 6.54 Å². The maximum absolute atomic E-state index is 5.61. The molecule has 0 saturated carbocycles. The van der Waals surface area contributed by atoms with Gasteiger partial charge in [-0.2, -0.15) is 0 Å². The summed E-state index contributed by atoms with van der Waals surface area (Å²) in [6, 6.07) is 9.72. The number of ether oxygens (including phenoxy) is 1. The van der Waals surface area contributed by atoms with Crippen LogP contribution < -0.4 is 10.1 Å². The van der Waals surface area contributed by atoms with Crippen LogP contribution in [0, 0.1) is 6.92 Å². The molecule has 0 saturated heterocycles. The van der Waals surface area contributed by atoms with Crippen LogP contribution in [0.15, 0.2) is 42.7 Å². The van der Waals surface area contributed by atoms with Gasteiger partial charge < -0.3 is 10.1 Å². The molecule has 1 aromatic carbocycles. The number of fused-ring (bicyclic) bond motifs is 1. The summed E-state index contributed by atoms with van der Waals surface area (Å²) in [4.78, 5) is 4.27. The third kappa shape index (κ3) is 2.54. The van der Waals surface area contributed by atoms with Crippen molar-refractivity contribution in [3.8, 4) is 5.75 Å². The first kappa shape index (κ1) is 12.4. The monoisotopic (exact) mass is 269 g/mol. The number of rotatable bonds is 5. The highest BCUT2D eigenvalue weighted by atomic mass is 16.5. The molecule has 2 heterocycles. The van der Waals surface area contributed by atoms with Crippen molar-refractivity contribution < 1.29 is 4.74 Å². The third-order valence-electron chi connectivity index (χ3n) is 2.90. The highest BCUT2D eigenvalue weighted by molar-refractivity contribution is 5.61. The predicted octanol–water partition coefficient (Wildman–Crippen LogP) is 1.92. The van der Waals surface area contributed by atoms with E-state index in [1.54, 1.807) is 6.20 Å². The fraction of sp³-hybridized carbons (Fsp3) is 0.214. The fourth-order valence-electron chi connectivity index (χ4n) is 1.92. The average Bonchev–Trinajstić information content (AvgIpc) is 2.87. The molecule has 3 rings (SSSR count). The van der Waals surface area contributed by atoms with E-state index < -0.39 is 0 Å². The van der Waals surface area contributed by atoms with Crippen LogP contribution in [-0.4, -0.2) is 32.7 Å². The van der Waals surface area contributed by atoms with Gasteiger partial charge in [-0.25, -0.2) is 4.98 Å². The van der Waals surface area contributed by atoms with Crippen molar-refractivity contribution in [1.29, 1.82) is 0 Å². The fourth-order valence-corrected chi connectivity index (χ4v) is 1.92. The highest BCUT2D eigenvalue weighted by Crippen LogP contribution is 2.12. The Hall–Kier alpha value is -2.63. The Kier molecular flexibility index (Phi) is 3.45. The van der Waals surface area contributed by atoms with Crippen molar-refractivity contribution in [1.82, 2.24) is 19.6 Å². The third-order valence-corrected chi connectivity index (χ3v) is 2.90. The van der Waals surface area contributed by atoms with Crippen molar-refractivity contribution in [2.24, 2.45) is 0 Å². The number of benzene rings is 1. The number of aromatic nitrogens is 4. The molecule has 0 atom stereocenters. The number of nitrogens with one attached hydrogen (secondary N) is 1. The summed E-state index contributed by atoms with van der Waals surface area (Å²) in [7, 11) is 0. The Morgan fingerprint density at radius 3 is 2.90 bits per heavy atom. The van der Waals surface area contributed by atoms with Crippen LogP contribution >= 0.6 is 0 Å². The van der Waals surface area contributed by atoms with Gasteiger partial charge in [0, 0.05) is 12.4 Å². The van der Waals surface area contributed by atoms with Gasteiger partial charge in [-0.3, -0.25) is 4.40 Å². The van der Waals surface area contributed by atoms with Gasteiger partial charge in [0.15, 0.2) is 5.82 Å². The number of hydrogen-bond donors (Lipinski definition) is 1. The molecule has 0 fully saturated rings. The Morgan fingerprint density at radius 1 is 1.20 bits per heavy atom. The Morgan fingerprint density at radius 2 is 2.05 bits per heavy atom. The molecule has 0 spiro atoms. The lowest BCUT2D eigenvalue weighted by atomic mass is 10.3. The first-order valence-corrected chi connectivity index (χ1v) is 6.42. The molecule has 2 aromatic heterocycles. The van der Waals surface area contributed by atoms with E-state index in [0.717, 1.165) is 17.2 Å². The van der Waals surface area contributed by atoms with Crippen LogP contribution in [0.1, 0.15) is 5.82 Å². The molecule has 6 nitrogen and oxygen atoms in total. The number of nitrogens with zero attached hydrogens (tertiary/aromatic N) is 4. The summed E-state index contributed by atoms with van der Waals surface area (Å²) >= 11 is 0. The van der Waals surface area contributed by atoms with E-state index in [0.29, 0.717) is 19.0 Å². The molecule has 0 radical (unpaired) electrons. The quantitative estimate of drug-likeness (QED) is 0.717. The highest BCUT2D eigenvalue weighted by Gasteiger charge is 2.06. The lowest BCUT2D eigenvalue weighted by Gasteiger charge is -2.08. The van der Waals surface area contributed by atoms with E-state index in [1.807, 2.05) is 47.9 Å². The smallest absolute Gasteiger partial charge is 0.203 e. The normalized spacial score (nSPS) is 10.7. The zero-order valence-corrected chi connectivity index (χ0v) is 11.2. The zero-order valence-electron chi connectivity index (χ0n) is 11.2. The second kappa shape index (κ2) is 5.56. The van der Waals surface area contributed by atoms with Crippen molar-refractivity contribution in [2.75, 3.05) is 18.5 Å². The number of hydrogen-bond acceptors (Lipinski definition) is 5. The second-order valence-electron chi connectivity index (χ2n) is 4.30. The number of para-hydroxylation sites is 1. The number of anilines is 1. The first-order chi connectivity index (χ1) is 9.84. The molecular formula is C14H15N5O. The molecule has 0 aliphatic carbocycles. The second-order valence-corrected chi connectivity index (χ2v) is 4.30. The van der Waals surface area contributed by atoms with Crippen molar-refractivity contribution in [3.05, 3.63) is 48.5 Å². The summed E-state index contributed by atoms with van der Waals surface area (Å²) < 4.78 is 7.51. The molecule has 102 valence electrons. The molecular weight excluding hydrogens is 254 g/mol. The van der Waals surface area contributed by atoms with E-state index in [4.69, 9.17) is 4.74 Å². The summed E-state index contributed by atoms with van der Waals surface area (Å²) in [5, 5.41) is 11.3. The summed E-state index contributed by atoms with van der Waals surface area (Å²) in [6.45, 7) is 3.11. The molecule has 20 heavy (non-hydrogen) atoms. The summed E-state index contributed by atoms with van der Waals surface area (Å²) in [6.07, 6.45) is 3.57. The Bertz CT molecular complexity index is 695. The van der Waals surface area contributed by atoms with Gasteiger partial charge in [0.1, 0.15) is 18.2 Å². The summed E-state index contributed by atoms with van der Waals surface area (Å²) in [5.41, 5.74) is 0.727. The van der Waals surface area contributed by atoms with E-state index in [-0.39, 0.29) is 0 Å². The largest absolute Gasteiger partial charge is 0.492 e. The maximum Gasteiger partial charge on any atom is 0.203 e. The molecule has 0 unspecified atom stereocenters. The van der Waals surface area contributed by atoms with Crippen LogP contribution in [0.25, 0.3) is 5.65 Å². The molecule has 1 N–H and O–H groups in total. The van der Waals surface area contributed by atoms with Crippen LogP contribution in [-0.2, 0) is 0 Å². The van der Waals surface area contributed by atoms with Gasteiger partial charge in [-0.05, 0) is 19.1 Å². The SMILES string of the molecule is Cc1nnc2c(NCCOc3ccccc3)nccn12. The van der Waals surface area contributed by atoms with E-state index in [2.05, 4.69) is 20.5 Å². The minimum atomic E-state index is 0.555. The van der Waals surface area contributed by atoms with Gasteiger partial charge in [-0.1, -0.05) is 18.2 Å². The lowest BCUT2D eigenvalue weighted by molar-refractivity contribution is 0.333. The zero-order chi connectivity index (χ0) is 13.8. The van der Waals surface area contributed by atoms with Crippen LogP contribution in [0.5, 0.6) is 5.75 Å². The maximum atomic E-state index is 5.61. The molecule has 3 aromatic rings. The topological polar surface area (TPSA) is 64.3 Å². The minimum Gasteiger partial charge on any atom is -0.492 e.